The van der Waals surface area contributed by atoms with E-state index in [0.717, 1.165) is 11.1 Å². The first-order valence-corrected chi connectivity index (χ1v) is 22.8. The van der Waals surface area contributed by atoms with Gasteiger partial charge in [-0.1, -0.05) is 149 Å². The second-order valence-electron chi connectivity index (χ2n) is 19.6. The number of fused-ring (bicyclic) bond motifs is 14. The summed E-state index contributed by atoms with van der Waals surface area (Å²) in [4.78, 5) is 3.68. The fraction of sp³-hybridized carbons (Fsp3) is 0.0952. The number of aromatic nitrogens is 1. The molecule has 10 aromatic carbocycles. The van der Waals surface area contributed by atoms with E-state index in [0.29, 0.717) is 5.69 Å². The summed E-state index contributed by atoms with van der Waals surface area (Å²) in [6.07, 6.45) is 0. The van der Waals surface area contributed by atoms with Crippen molar-refractivity contribution in [2.24, 2.45) is 0 Å². The van der Waals surface area contributed by atoms with Gasteiger partial charge in [-0.3, -0.25) is 0 Å². The summed E-state index contributed by atoms with van der Waals surface area (Å²) in [5.74, 6) is 0. The van der Waals surface area contributed by atoms with Crippen LogP contribution >= 0.6 is 0 Å². The van der Waals surface area contributed by atoms with Gasteiger partial charge in [0.15, 0.2) is 5.69 Å². The zero-order valence-corrected chi connectivity index (χ0v) is 36.7. The minimum atomic E-state index is -0.0559. The Labute approximate surface area is 377 Å². The smallest absolute Gasteiger partial charge is 0.187 e. The van der Waals surface area contributed by atoms with Crippen molar-refractivity contribution in [1.29, 1.82) is 0 Å². The summed E-state index contributed by atoms with van der Waals surface area (Å²) in [6, 6.07) is 68.3. The molecule has 0 unspecified atom stereocenters. The molecule has 0 spiro atoms. The summed E-state index contributed by atoms with van der Waals surface area (Å²) < 4.78 is 2.53. The average Bonchev–Trinajstić information content (AvgIpc) is 3.99. The highest BCUT2D eigenvalue weighted by Crippen LogP contribution is 2.52. The van der Waals surface area contributed by atoms with Crippen LogP contribution in [-0.4, -0.2) is 4.40 Å². The Bertz CT molecular complexity index is 3880. The van der Waals surface area contributed by atoms with Crippen molar-refractivity contribution in [2.75, 3.05) is 0 Å². The minimum absolute atomic E-state index is 0.0559. The fourth-order valence-electron chi connectivity index (χ4n) is 12.1. The van der Waals surface area contributed by atoms with Crippen molar-refractivity contribution < 1.29 is 0 Å². The maximum absolute atomic E-state index is 7.57. The first-order valence-electron chi connectivity index (χ1n) is 22.8. The molecule has 12 aromatic rings. The fourth-order valence-corrected chi connectivity index (χ4v) is 12.1. The highest BCUT2D eigenvalue weighted by Gasteiger charge is 2.36. The molecular weight excluding hydrogens is 785 g/mol. The van der Waals surface area contributed by atoms with Gasteiger partial charge in [0, 0.05) is 32.4 Å². The normalized spacial score (nSPS) is 14.4. The van der Waals surface area contributed by atoms with Gasteiger partial charge in [-0.15, -0.1) is 0 Å². The molecule has 0 bridgehead atoms. The largest absolute Gasteiger partial charge is 0.308 e. The van der Waals surface area contributed by atoms with Gasteiger partial charge in [-0.25, -0.2) is 4.85 Å². The first kappa shape index (κ1) is 36.5. The Morgan fingerprint density at radius 1 is 0.354 bits per heavy atom. The van der Waals surface area contributed by atoms with Crippen LogP contribution in [0.3, 0.4) is 0 Å². The predicted molar refractivity (Wildman–Crippen MR) is 274 cm³/mol. The number of hydrogen-bond acceptors (Lipinski definition) is 0. The number of rotatable bonds is 3. The van der Waals surface area contributed by atoms with Gasteiger partial charge in [0.2, 0.25) is 0 Å². The molecule has 2 nitrogen and oxygen atoms in total. The van der Waals surface area contributed by atoms with Crippen LogP contribution in [0.5, 0.6) is 0 Å². The van der Waals surface area contributed by atoms with E-state index in [1.807, 2.05) is 12.1 Å². The topological polar surface area (TPSA) is 8.77 Å². The number of hydrogen-bond donors (Lipinski definition) is 0. The Balaban J connectivity index is 0.970. The predicted octanol–water partition coefficient (Wildman–Crippen LogP) is 17.3. The summed E-state index contributed by atoms with van der Waals surface area (Å²) >= 11 is 0. The molecule has 0 N–H and O–H groups in total. The first-order chi connectivity index (χ1) is 31.6. The summed E-state index contributed by atoms with van der Waals surface area (Å²) in [7, 11) is 0. The van der Waals surface area contributed by atoms with Crippen molar-refractivity contribution in [3.05, 3.63) is 216 Å². The minimum Gasteiger partial charge on any atom is -0.308 e. The van der Waals surface area contributed by atoms with Gasteiger partial charge in [0.05, 0.1) is 23.1 Å². The second-order valence-corrected chi connectivity index (χ2v) is 19.6. The monoisotopic (exact) mass is 826 g/mol. The van der Waals surface area contributed by atoms with E-state index in [1.54, 1.807) is 0 Å². The van der Waals surface area contributed by atoms with Crippen LogP contribution in [0.4, 0.5) is 5.69 Å². The van der Waals surface area contributed by atoms with Crippen LogP contribution in [0.1, 0.15) is 49.9 Å². The van der Waals surface area contributed by atoms with Gasteiger partial charge in [-0.05, 0) is 160 Å². The third-order valence-corrected chi connectivity index (χ3v) is 15.5. The van der Waals surface area contributed by atoms with Crippen molar-refractivity contribution in [3.8, 4) is 55.6 Å². The van der Waals surface area contributed by atoms with Crippen LogP contribution in [0.25, 0.3) is 120 Å². The molecule has 0 aliphatic heterocycles. The Hall–Kier alpha value is -7.99. The van der Waals surface area contributed by atoms with E-state index >= 15 is 0 Å². The Morgan fingerprint density at radius 2 is 0.785 bits per heavy atom. The van der Waals surface area contributed by atoms with Gasteiger partial charge in [0.25, 0.3) is 0 Å². The van der Waals surface area contributed by atoms with E-state index in [-0.39, 0.29) is 10.8 Å². The molecule has 2 aliphatic carbocycles. The molecule has 65 heavy (non-hydrogen) atoms. The standard InChI is InChI=1S/C63H42N2/c1-62(2)55-12-8-6-10-47(55)49-24-20-41(32-57(49)62)37-14-16-39-28-51-53-30-45(36-18-22-46(64-5)23-19-36)31-54-52-29-40-17-15-38(27-44(40)35-60(52)65(61(53)54)59(51)34-43(39)26-37)42-21-25-50-48-11-7-9-13-56(48)63(3,4)58(50)33-42/h6-35H,1-4H3. The van der Waals surface area contributed by atoms with E-state index in [9.17, 15) is 0 Å². The van der Waals surface area contributed by atoms with E-state index < -0.39 is 0 Å². The average molecular weight is 827 g/mol. The van der Waals surface area contributed by atoms with Crippen molar-refractivity contribution in [3.63, 3.8) is 0 Å². The van der Waals surface area contributed by atoms with Crippen molar-refractivity contribution >= 4 is 65.3 Å². The van der Waals surface area contributed by atoms with Gasteiger partial charge in [-0.2, -0.15) is 0 Å². The molecule has 2 aliphatic rings. The molecule has 0 fully saturated rings. The number of benzene rings is 10. The molecule has 0 radical (unpaired) electrons. The summed E-state index contributed by atoms with van der Waals surface area (Å²) in [5.41, 5.74) is 22.4. The maximum atomic E-state index is 7.57. The molecule has 2 heterocycles. The zero-order valence-electron chi connectivity index (χ0n) is 36.7. The van der Waals surface area contributed by atoms with Crippen LogP contribution in [0.2, 0.25) is 0 Å². The van der Waals surface area contributed by atoms with Crippen LogP contribution in [0.15, 0.2) is 182 Å². The molecule has 2 heteroatoms. The summed E-state index contributed by atoms with van der Waals surface area (Å²) in [5, 5.41) is 9.91. The number of nitrogens with zero attached hydrogens (tertiary/aromatic N) is 2. The van der Waals surface area contributed by atoms with Crippen LogP contribution < -0.4 is 0 Å². The second kappa shape index (κ2) is 12.6. The Kier molecular flexibility index (Phi) is 7.07. The third kappa shape index (κ3) is 4.93. The van der Waals surface area contributed by atoms with Crippen LogP contribution in [0, 0.1) is 6.57 Å². The van der Waals surface area contributed by atoms with E-state index in [1.165, 1.54) is 126 Å². The molecule has 0 saturated carbocycles. The molecule has 14 rings (SSSR count). The quantitative estimate of drug-likeness (QED) is 0.157. The lowest BCUT2D eigenvalue weighted by Crippen LogP contribution is -2.14. The van der Waals surface area contributed by atoms with Crippen LogP contribution in [-0.2, 0) is 10.8 Å². The Morgan fingerprint density at radius 3 is 1.28 bits per heavy atom. The molecule has 0 saturated heterocycles. The maximum Gasteiger partial charge on any atom is 0.187 e. The lowest BCUT2D eigenvalue weighted by molar-refractivity contribution is 0.660. The molecular formula is C63H42N2. The highest BCUT2D eigenvalue weighted by molar-refractivity contribution is 6.27. The summed E-state index contributed by atoms with van der Waals surface area (Å²) in [6.45, 7) is 17.0. The molecule has 2 aromatic heterocycles. The van der Waals surface area contributed by atoms with Crippen molar-refractivity contribution in [1.82, 2.24) is 4.40 Å². The van der Waals surface area contributed by atoms with Gasteiger partial charge >= 0.3 is 0 Å². The SMILES string of the molecule is [C-]#[N+]c1ccc(-c2cc3c4cc5ccc(-c6ccc7c(c6)C(C)(C)c6ccccc6-7)cc5cc4n4c5cc6cc(-c7ccc8c(c7)C(C)(C)c7ccccc7-8)ccc6cc5c(c2)c34)cc1. The van der Waals surface area contributed by atoms with E-state index in [2.05, 4.69) is 207 Å². The van der Waals surface area contributed by atoms with E-state index in [4.69, 9.17) is 6.57 Å². The molecule has 304 valence electrons. The molecule has 0 amide bonds. The lowest BCUT2D eigenvalue weighted by Gasteiger charge is -2.22. The van der Waals surface area contributed by atoms with Gasteiger partial charge < -0.3 is 4.40 Å². The van der Waals surface area contributed by atoms with Gasteiger partial charge in [0.1, 0.15) is 0 Å². The third-order valence-electron chi connectivity index (χ3n) is 15.5. The zero-order chi connectivity index (χ0) is 43.5. The lowest BCUT2D eigenvalue weighted by atomic mass is 9.81. The molecule has 0 atom stereocenters. The van der Waals surface area contributed by atoms with Crippen molar-refractivity contribution in [2.45, 2.75) is 38.5 Å². The highest BCUT2D eigenvalue weighted by atomic mass is 14.9.